The summed E-state index contributed by atoms with van der Waals surface area (Å²) in [5.41, 5.74) is -2.00. The first kappa shape index (κ1) is 16.8. The fourth-order valence-electron chi connectivity index (χ4n) is 3.12. The van der Waals surface area contributed by atoms with Crippen molar-refractivity contribution >= 4 is 11.5 Å². The van der Waals surface area contributed by atoms with Gasteiger partial charge in [0.15, 0.2) is 11.5 Å². The molecule has 0 unspecified atom stereocenters. The van der Waals surface area contributed by atoms with Crippen LogP contribution in [0.1, 0.15) is 21.6 Å². The average molecular weight is 371 g/mol. The summed E-state index contributed by atoms with van der Waals surface area (Å²) < 4.78 is 40.7. The van der Waals surface area contributed by atoms with Crippen molar-refractivity contribution in [1.29, 1.82) is 0 Å². The van der Waals surface area contributed by atoms with Crippen LogP contribution >= 0.6 is 0 Å². The number of ketones is 1. The number of carbonyl (C=O) groups excluding carboxylic acids is 1. The number of hydrogen-bond acceptors (Lipinski definition) is 5. The van der Waals surface area contributed by atoms with Crippen LogP contribution in [0.25, 0.3) is 22.4 Å². The Balaban J connectivity index is 2.08. The molecule has 134 valence electrons. The van der Waals surface area contributed by atoms with Crippen molar-refractivity contribution in [3.63, 3.8) is 0 Å². The molecule has 27 heavy (non-hydrogen) atoms. The first-order valence-electron chi connectivity index (χ1n) is 7.66. The second-order valence-corrected chi connectivity index (χ2v) is 5.83. The molecule has 2 aromatic carbocycles. The van der Waals surface area contributed by atoms with Gasteiger partial charge in [-0.05, 0) is 5.56 Å². The summed E-state index contributed by atoms with van der Waals surface area (Å²) in [4.78, 5) is 23.1. The quantitative estimate of drug-likeness (QED) is 0.388. The summed E-state index contributed by atoms with van der Waals surface area (Å²) in [7, 11) is 0. The van der Waals surface area contributed by atoms with E-state index in [9.17, 15) is 28.1 Å². The number of alkyl halides is 3. The highest BCUT2D eigenvalue weighted by Crippen LogP contribution is 2.45. The number of nitro benzene ring substituents is 1. The molecule has 0 bridgehead atoms. The Hall–Kier alpha value is -3.62. The van der Waals surface area contributed by atoms with Crippen LogP contribution < -0.4 is 0 Å². The van der Waals surface area contributed by atoms with Gasteiger partial charge in [0, 0.05) is 28.8 Å². The number of halogens is 3. The number of carbonyl (C=O) groups is 1. The fourth-order valence-corrected chi connectivity index (χ4v) is 3.12. The van der Waals surface area contributed by atoms with Crippen molar-refractivity contribution < 1.29 is 22.9 Å². The normalized spacial score (nSPS) is 12.6. The van der Waals surface area contributed by atoms with E-state index in [1.54, 1.807) is 18.2 Å². The summed E-state index contributed by atoms with van der Waals surface area (Å²) >= 11 is 0. The van der Waals surface area contributed by atoms with Crippen LogP contribution in [0.5, 0.6) is 0 Å². The third-order valence-corrected chi connectivity index (χ3v) is 4.24. The number of non-ortho nitro benzene ring substituents is 1. The Morgan fingerprint density at radius 2 is 1.63 bits per heavy atom. The number of benzene rings is 2. The zero-order valence-corrected chi connectivity index (χ0v) is 13.3. The van der Waals surface area contributed by atoms with Crippen LogP contribution in [-0.2, 0) is 6.18 Å². The molecule has 4 rings (SSSR count). The topological polar surface area (TPSA) is 86.0 Å². The monoisotopic (exact) mass is 371 g/mol. The highest BCUT2D eigenvalue weighted by Gasteiger charge is 2.42. The van der Waals surface area contributed by atoms with E-state index in [1.807, 2.05) is 0 Å². The summed E-state index contributed by atoms with van der Waals surface area (Å²) in [5.74, 6) is -0.623. The van der Waals surface area contributed by atoms with Crippen LogP contribution in [0.4, 0.5) is 18.9 Å². The van der Waals surface area contributed by atoms with Gasteiger partial charge in [-0.25, -0.2) is 0 Å². The summed E-state index contributed by atoms with van der Waals surface area (Å²) in [6.45, 7) is 0. The van der Waals surface area contributed by atoms with E-state index in [-0.39, 0.29) is 22.4 Å². The average Bonchev–Trinajstić information content (AvgIpc) is 2.93. The standard InChI is InChI=1S/C18H8F3N3O3/c19-18(20,21)17-13(9-4-3-5-10(8-9)24(26)27)14-15(22-23-17)11-6-1-2-7-12(11)16(14)25/h1-8H. The molecule has 0 saturated heterocycles. The highest BCUT2D eigenvalue weighted by molar-refractivity contribution is 6.24. The predicted molar refractivity (Wildman–Crippen MR) is 88.0 cm³/mol. The lowest BCUT2D eigenvalue weighted by molar-refractivity contribution is -0.384. The molecule has 1 aliphatic rings. The molecule has 0 aliphatic heterocycles. The van der Waals surface area contributed by atoms with E-state index < -0.39 is 33.8 Å². The van der Waals surface area contributed by atoms with Gasteiger partial charge >= 0.3 is 6.18 Å². The van der Waals surface area contributed by atoms with Gasteiger partial charge in [-0.1, -0.05) is 36.4 Å². The van der Waals surface area contributed by atoms with Gasteiger partial charge in [-0.15, -0.1) is 10.2 Å². The van der Waals surface area contributed by atoms with Gasteiger partial charge in [0.2, 0.25) is 0 Å². The maximum absolute atomic E-state index is 13.6. The van der Waals surface area contributed by atoms with Crippen LogP contribution in [-0.4, -0.2) is 20.9 Å². The van der Waals surface area contributed by atoms with Gasteiger partial charge in [0.1, 0.15) is 5.69 Å². The lowest BCUT2D eigenvalue weighted by Gasteiger charge is -2.14. The molecule has 0 radical (unpaired) electrons. The molecule has 0 amide bonds. The van der Waals surface area contributed by atoms with Crippen LogP contribution in [0.15, 0.2) is 48.5 Å². The van der Waals surface area contributed by atoms with Gasteiger partial charge in [-0.2, -0.15) is 13.2 Å². The second-order valence-electron chi connectivity index (χ2n) is 5.83. The molecular formula is C18H8F3N3O3. The Bertz CT molecular complexity index is 1130. The van der Waals surface area contributed by atoms with Crippen molar-refractivity contribution in [1.82, 2.24) is 10.2 Å². The maximum Gasteiger partial charge on any atom is 0.435 e. The molecular weight excluding hydrogens is 363 g/mol. The summed E-state index contributed by atoms with van der Waals surface area (Å²) in [5, 5.41) is 18.0. The fraction of sp³-hybridized carbons (Fsp3) is 0.0556. The molecule has 3 aromatic rings. The van der Waals surface area contributed by atoms with E-state index in [0.717, 1.165) is 12.1 Å². The smallest absolute Gasteiger partial charge is 0.288 e. The predicted octanol–water partition coefficient (Wildman–Crippen LogP) is 4.28. The number of nitrogens with zero attached hydrogens (tertiary/aromatic N) is 3. The van der Waals surface area contributed by atoms with E-state index in [1.165, 1.54) is 18.2 Å². The summed E-state index contributed by atoms with van der Waals surface area (Å²) in [6.07, 6.45) is -4.89. The van der Waals surface area contributed by atoms with E-state index in [0.29, 0.717) is 5.56 Å². The molecule has 0 N–H and O–H groups in total. The van der Waals surface area contributed by atoms with Crippen molar-refractivity contribution in [3.05, 3.63) is 75.5 Å². The molecule has 1 heterocycles. The highest BCUT2D eigenvalue weighted by atomic mass is 19.4. The van der Waals surface area contributed by atoms with E-state index in [2.05, 4.69) is 10.2 Å². The zero-order chi connectivity index (χ0) is 19.3. The number of hydrogen-bond donors (Lipinski definition) is 0. The molecule has 9 heteroatoms. The third-order valence-electron chi connectivity index (χ3n) is 4.24. The van der Waals surface area contributed by atoms with Crippen molar-refractivity contribution in [2.45, 2.75) is 6.18 Å². The first-order chi connectivity index (χ1) is 12.8. The van der Waals surface area contributed by atoms with Crippen molar-refractivity contribution in [2.75, 3.05) is 0 Å². The molecule has 0 atom stereocenters. The Morgan fingerprint density at radius 1 is 0.926 bits per heavy atom. The zero-order valence-electron chi connectivity index (χ0n) is 13.3. The SMILES string of the molecule is O=C1c2ccccc2-c2nnc(C(F)(F)F)c(-c3cccc([N+](=O)[O-])c3)c21. The Labute approximate surface area is 149 Å². The van der Waals surface area contributed by atoms with Crippen molar-refractivity contribution in [3.8, 4) is 22.4 Å². The molecule has 6 nitrogen and oxygen atoms in total. The second kappa shape index (κ2) is 5.70. The van der Waals surface area contributed by atoms with Gasteiger partial charge in [0.25, 0.3) is 5.69 Å². The summed E-state index contributed by atoms with van der Waals surface area (Å²) in [6, 6.07) is 11.0. The molecule has 1 aliphatic carbocycles. The number of fused-ring (bicyclic) bond motifs is 3. The van der Waals surface area contributed by atoms with E-state index in [4.69, 9.17) is 0 Å². The molecule has 1 aromatic heterocycles. The van der Waals surface area contributed by atoms with E-state index >= 15 is 0 Å². The lowest BCUT2D eigenvalue weighted by atomic mass is 9.95. The maximum atomic E-state index is 13.6. The molecule has 0 saturated carbocycles. The minimum Gasteiger partial charge on any atom is -0.288 e. The van der Waals surface area contributed by atoms with Gasteiger partial charge in [0.05, 0.1) is 10.5 Å². The number of aromatic nitrogens is 2. The number of rotatable bonds is 2. The van der Waals surface area contributed by atoms with Crippen LogP contribution in [0.2, 0.25) is 0 Å². The van der Waals surface area contributed by atoms with Crippen molar-refractivity contribution in [2.24, 2.45) is 0 Å². The van der Waals surface area contributed by atoms with Gasteiger partial charge in [-0.3, -0.25) is 14.9 Å². The molecule has 0 spiro atoms. The van der Waals surface area contributed by atoms with Crippen LogP contribution in [0, 0.1) is 10.1 Å². The number of nitro groups is 1. The Morgan fingerprint density at radius 3 is 2.30 bits per heavy atom. The van der Waals surface area contributed by atoms with Gasteiger partial charge < -0.3 is 0 Å². The molecule has 0 fully saturated rings. The largest absolute Gasteiger partial charge is 0.435 e. The minimum atomic E-state index is -4.89. The third kappa shape index (κ3) is 2.55. The lowest BCUT2D eigenvalue weighted by Crippen LogP contribution is -2.15. The minimum absolute atomic E-state index is 0.0325. The Kier molecular flexibility index (Phi) is 3.55. The first-order valence-corrected chi connectivity index (χ1v) is 7.66. The van der Waals surface area contributed by atoms with Crippen LogP contribution in [0.3, 0.4) is 0 Å².